The van der Waals surface area contributed by atoms with Crippen LogP contribution in [0.3, 0.4) is 0 Å². The summed E-state index contributed by atoms with van der Waals surface area (Å²) in [6.45, 7) is 4.16. The maximum atomic E-state index is 4.78. The number of para-hydroxylation sites is 1. The van der Waals surface area contributed by atoms with E-state index in [1.54, 1.807) is 0 Å². The van der Waals surface area contributed by atoms with Gasteiger partial charge in [-0.1, -0.05) is 140 Å². The van der Waals surface area contributed by atoms with Crippen LogP contribution in [0.1, 0.15) is 11.1 Å². The predicted molar refractivity (Wildman–Crippen MR) is 240 cm³/mol. The van der Waals surface area contributed by atoms with Gasteiger partial charge in [0.15, 0.2) is 0 Å². The SMILES string of the molecule is Cc1ccc(-c2ccc(-c3ccc4c(ccc5c6ccc(-c7ccc(-c8ccc(C)cn8)c8ccccc78)cc6n(-c6ccccc6)c45)c3)c3ccccc23)nc1. The molecule has 0 aliphatic rings. The van der Waals surface area contributed by atoms with Gasteiger partial charge in [0.05, 0.1) is 22.4 Å². The zero-order valence-electron chi connectivity index (χ0n) is 31.7. The third-order valence-corrected chi connectivity index (χ3v) is 11.6. The Kier molecular flexibility index (Phi) is 7.61. The summed E-state index contributed by atoms with van der Waals surface area (Å²) >= 11 is 0. The molecule has 0 N–H and O–H groups in total. The van der Waals surface area contributed by atoms with Crippen molar-refractivity contribution in [3.05, 3.63) is 199 Å². The molecule has 0 atom stereocenters. The zero-order valence-corrected chi connectivity index (χ0v) is 31.7. The van der Waals surface area contributed by atoms with Gasteiger partial charge in [0.25, 0.3) is 0 Å². The molecule has 0 radical (unpaired) electrons. The second-order valence-electron chi connectivity index (χ2n) is 15.2. The largest absolute Gasteiger partial charge is 0.309 e. The number of pyridine rings is 2. The Bertz CT molecular complexity index is 3340. The summed E-state index contributed by atoms with van der Waals surface area (Å²) in [5, 5.41) is 9.75. The van der Waals surface area contributed by atoms with Crippen LogP contribution < -0.4 is 0 Å². The first-order valence-corrected chi connectivity index (χ1v) is 19.6. The minimum Gasteiger partial charge on any atom is -0.309 e. The van der Waals surface area contributed by atoms with E-state index in [1.807, 2.05) is 12.4 Å². The lowest BCUT2D eigenvalue weighted by molar-refractivity contribution is 1.19. The molecule has 0 spiro atoms. The van der Waals surface area contributed by atoms with Gasteiger partial charge in [-0.25, -0.2) is 0 Å². The number of aryl methyl sites for hydroxylation is 2. The van der Waals surface area contributed by atoms with E-state index in [-0.39, 0.29) is 0 Å². The Morgan fingerprint density at radius 2 is 0.860 bits per heavy atom. The fourth-order valence-corrected chi connectivity index (χ4v) is 8.82. The van der Waals surface area contributed by atoms with Crippen molar-refractivity contribution in [1.82, 2.24) is 14.5 Å². The van der Waals surface area contributed by atoms with E-state index in [0.717, 1.165) is 39.3 Å². The lowest BCUT2D eigenvalue weighted by atomic mass is 9.92. The summed E-state index contributed by atoms with van der Waals surface area (Å²) < 4.78 is 2.46. The lowest BCUT2D eigenvalue weighted by Crippen LogP contribution is -1.95. The Labute approximate surface area is 331 Å². The lowest BCUT2D eigenvalue weighted by Gasteiger charge is -2.14. The van der Waals surface area contributed by atoms with Crippen molar-refractivity contribution >= 4 is 54.1 Å². The molecule has 8 aromatic carbocycles. The molecular weight excluding hydrogens is 691 g/mol. The van der Waals surface area contributed by atoms with E-state index in [0.29, 0.717) is 0 Å². The van der Waals surface area contributed by atoms with Gasteiger partial charge < -0.3 is 4.57 Å². The highest BCUT2D eigenvalue weighted by atomic mass is 15.0. The fraction of sp³-hybridized carbons (Fsp3) is 0.0370. The number of nitrogens with zero attached hydrogens (tertiary/aromatic N) is 3. The van der Waals surface area contributed by atoms with Gasteiger partial charge in [-0.05, 0) is 111 Å². The highest BCUT2D eigenvalue weighted by Gasteiger charge is 2.18. The third-order valence-electron chi connectivity index (χ3n) is 11.6. The highest BCUT2D eigenvalue weighted by Crippen LogP contribution is 2.42. The van der Waals surface area contributed by atoms with Crippen LogP contribution >= 0.6 is 0 Å². The Hall–Kier alpha value is -7.36. The minimum atomic E-state index is 0.989. The molecule has 0 aliphatic carbocycles. The van der Waals surface area contributed by atoms with E-state index >= 15 is 0 Å². The minimum absolute atomic E-state index is 0.989. The molecule has 3 heteroatoms. The molecule has 0 aliphatic heterocycles. The van der Waals surface area contributed by atoms with Crippen molar-refractivity contribution in [2.45, 2.75) is 13.8 Å². The van der Waals surface area contributed by atoms with Gasteiger partial charge >= 0.3 is 0 Å². The van der Waals surface area contributed by atoms with Crippen LogP contribution in [0.2, 0.25) is 0 Å². The summed E-state index contributed by atoms with van der Waals surface area (Å²) in [5.41, 5.74) is 14.9. The van der Waals surface area contributed by atoms with E-state index < -0.39 is 0 Å². The number of aromatic nitrogens is 3. The molecule has 0 saturated carbocycles. The van der Waals surface area contributed by atoms with Crippen molar-refractivity contribution in [3.63, 3.8) is 0 Å². The average Bonchev–Trinajstić information content (AvgIpc) is 3.60. The summed E-state index contributed by atoms with van der Waals surface area (Å²) in [7, 11) is 0. The van der Waals surface area contributed by atoms with Crippen molar-refractivity contribution in [2.24, 2.45) is 0 Å². The maximum Gasteiger partial charge on any atom is 0.0708 e. The summed E-state index contributed by atoms with van der Waals surface area (Å²) in [6.07, 6.45) is 3.89. The van der Waals surface area contributed by atoms with Gasteiger partial charge in [0.1, 0.15) is 0 Å². The number of benzene rings is 8. The normalized spacial score (nSPS) is 11.7. The molecule has 3 aromatic heterocycles. The number of hydrogen-bond acceptors (Lipinski definition) is 2. The van der Waals surface area contributed by atoms with E-state index in [1.165, 1.54) is 76.4 Å². The second-order valence-corrected chi connectivity index (χ2v) is 15.2. The van der Waals surface area contributed by atoms with Gasteiger partial charge in [-0.3, -0.25) is 9.97 Å². The second kappa shape index (κ2) is 13.1. The van der Waals surface area contributed by atoms with E-state index in [4.69, 9.17) is 9.97 Å². The predicted octanol–water partition coefficient (Wildman–Crippen LogP) is 14.3. The first-order valence-electron chi connectivity index (χ1n) is 19.6. The topological polar surface area (TPSA) is 30.7 Å². The van der Waals surface area contributed by atoms with Crippen LogP contribution in [0, 0.1) is 13.8 Å². The molecule has 268 valence electrons. The molecule has 57 heavy (non-hydrogen) atoms. The molecular formula is C54H37N3. The number of fused-ring (bicyclic) bond motifs is 7. The molecule has 0 bridgehead atoms. The Morgan fingerprint density at radius 1 is 0.368 bits per heavy atom. The molecule has 0 saturated heterocycles. The Balaban J connectivity index is 1.10. The van der Waals surface area contributed by atoms with Crippen LogP contribution in [-0.2, 0) is 0 Å². The smallest absolute Gasteiger partial charge is 0.0708 e. The van der Waals surface area contributed by atoms with Crippen molar-refractivity contribution in [1.29, 1.82) is 0 Å². The molecule has 11 rings (SSSR count). The van der Waals surface area contributed by atoms with Gasteiger partial charge in [-0.15, -0.1) is 0 Å². The summed E-state index contributed by atoms with van der Waals surface area (Å²) in [4.78, 5) is 9.55. The van der Waals surface area contributed by atoms with Crippen LogP contribution in [0.5, 0.6) is 0 Å². The number of rotatable bonds is 5. The van der Waals surface area contributed by atoms with Gasteiger partial charge in [0.2, 0.25) is 0 Å². The monoisotopic (exact) mass is 727 g/mol. The van der Waals surface area contributed by atoms with Crippen molar-refractivity contribution in [3.8, 4) is 50.5 Å². The van der Waals surface area contributed by atoms with Crippen molar-refractivity contribution in [2.75, 3.05) is 0 Å². The average molecular weight is 728 g/mol. The van der Waals surface area contributed by atoms with Crippen LogP contribution in [0.4, 0.5) is 0 Å². The summed E-state index contributed by atoms with van der Waals surface area (Å²) in [5.74, 6) is 0. The first-order chi connectivity index (χ1) is 28.1. The van der Waals surface area contributed by atoms with Crippen LogP contribution in [0.15, 0.2) is 188 Å². The van der Waals surface area contributed by atoms with Crippen LogP contribution in [-0.4, -0.2) is 14.5 Å². The molecule has 0 fully saturated rings. The molecule has 0 unspecified atom stereocenters. The molecule has 3 nitrogen and oxygen atoms in total. The van der Waals surface area contributed by atoms with E-state index in [2.05, 4.69) is 194 Å². The molecule has 0 amide bonds. The first kappa shape index (κ1) is 33.0. The number of hydrogen-bond donors (Lipinski definition) is 0. The van der Waals surface area contributed by atoms with Crippen molar-refractivity contribution < 1.29 is 0 Å². The standard InChI is InChI=1S/C54H37N3/c1-34-16-28-51(55-32-34)47-26-24-40(43-12-6-8-14-45(43)47)36-18-21-42-37(30-36)20-23-50-49-22-19-38(31-53(49)57(54(42)50)39-10-4-3-5-11-39)41-25-27-48(46-15-9-7-13-44(41)46)52-29-17-35(2)33-56-52/h3-33H,1-2H3. The molecule has 3 heterocycles. The van der Waals surface area contributed by atoms with E-state index in [9.17, 15) is 0 Å². The quantitative estimate of drug-likeness (QED) is 0.177. The third kappa shape index (κ3) is 5.43. The zero-order chi connectivity index (χ0) is 38.0. The highest BCUT2D eigenvalue weighted by molar-refractivity contribution is 6.20. The maximum absolute atomic E-state index is 4.78. The summed E-state index contributed by atoms with van der Waals surface area (Å²) in [6, 6.07) is 64.2. The fourth-order valence-electron chi connectivity index (χ4n) is 8.82. The van der Waals surface area contributed by atoms with Gasteiger partial charge in [-0.2, -0.15) is 0 Å². The van der Waals surface area contributed by atoms with Gasteiger partial charge in [0, 0.05) is 45.4 Å². The van der Waals surface area contributed by atoms with Crippen LogP contribution in [0.25, 0.3) is 105 Å². The molecule has 11 aromatic rings. The Morgan fingerprint density at radius 3 is 1.42 bits per heavy atom.